The van der Waals surface area contributed by atoms with Crippen molar-refractivity contribution in [2.45, 2.75) is 85.1 Å². The van der Waals surface area contributed by atoms with E-state index in [2.05, 4.69) is 61.8 Å². The number of benzene rings is 1. The van der Waals surface area contributed by atoms with Crippen molar-refractivity contribution in [3.05, 3.63) is 52.1 Å². The number of aliphatic hydroxyl groups is 1. The van der Waals surface area contributed by atoms with Gasteiger partial charge in [-0.05, 0) is 0 Å². The topological polar surface area (TPSA) is 20.2 Å². The Morgan fingerprint density at radius 1 is 0.923 bits per heavy atom. The van der Waals surface area contributed by atoms with Gasteiger partial charge in [0.2, 0.25) is 0 Å². The minimum absolute atomic E-state index is 0.428. The second-order valence-corrected chi connectivity index (χ2v) is 20.7. The van der Waals surface area contributed by atoms with Crippen LogP contribution in [0, 0.1) is 0 Å². The molecule has 0 aliphatic rings. The Labute approximate surface area is 166 Å². The first kappa shape index (κ1) is 23.5. The van der Waals surface area contributed by atoms with Crippen molar-refractivity contribution in [1.29, 1.82) is 0 Å². The zero-order chi connectivity index (χ0) is 19.3. The monoisotopic (exact) mass is 464 g/mol. The fourth-order valence-electron chi connectivity index (χ4n) is 3.61. The van der Waals surface area contributed by atoms with Crippen molar-refractivity contribution >= 4 is 24.5 Å². The van der Waals surface area contributed by atoms with Crippen LogP contribution in [-0.4, -0.2) is 23.5 Å². The summed E-state index contributed by atoms with van der Waals surface area (Å²) < 4.78 is 7.25. The molecule has 0 radical (unpaired) electrons. The van der Waals surface area contributed by atoms with Gasteiger partial charge in [-0.1, -0.05) is 0 Å². The summed E-state index contributed by atoms with van der Waals surface area (Å²) in [6.45, 7) is 10.7. The standard InChI is InChI=1S/C12H13O.3C4H9.Sn/c1-3-5-12(13)11-8-6-10(4-2)7-9-11;3*1-3-4-2;/h2-4,6-9,12-13H,1,5H2;3*1,3-4H2,2H3;. The first-order valence-electron chi connectivity index (χ1n) is 10.7. The van der Waals surface area contributed by atoms with E-state index in [1.807, 2.05) is 0 Å². The summed E-state index contributed by atoms with van der Waals surface area (Å²) in [5, 5.41) is 10.1. The zero-order valence-electron chi connectivity index (χ0n) is 17.3. The SMILES string of the molecule is C=CCC(O)c1ccc(/C=[CH]\[Sn]([CH2]CCC)([CH2]CCC)[CH2]CCC)cc1. The summed E-state index contributed by atoms with van der Waals surface area (Å²) in [6.07, 6.45) is 12.5. The molecular formula is C24H40OSn. The van der Waals surface area contributed by atoms with Crippen LogP contribution in [0.4, 0.5) is 0 Å². The van der Waals surface area contributed by atoms with Gasteiger partial charge in [-0.3, -0.25) is 0 Å². The Balaban J connectivity index is 2.93. The van der Waals surface area contributed by atoms with Gasteiger partial charge in [0.05, 0.1) is 0 Å². The molecule has 1 unspecified atom stereocenters. The predicted molar refractivity (Wildman–Crippen MR) is 120 cm³/mol. The van der Waals surface area contributed by atoms with E-state index in [4.69, 9.17) is 0 Å². The molecule has 0 heterocycles. The van der Waals surface area contributed by atoms with Gasteiger partial charge < -0.3 is 0 Å². The number of rotatable bonds is 14. The molecule has 0 fully saturated rings. The van der Waals surface area contributed by atoms with Crippen LogP contribution in [0.3, 0.4) is 0 Å². The quantitative estimate of drug-likeness (QED) is 0.222. The molecule has 0 aromatic heterocycles. The van der Waals surface area contributed by atoms with Gasteiger partial charge >= 0.3 is 167 Å². The van der Waals surface area contributed by atoms with Gasteiger partial charge in [0.1, 0.15) is 0 Å². The summed E-state index contributed by atoms with van der Waals surface area (Å²) in [4.78, 5) is 0. The molecule has 0 amide bonds. The molecule has 26 heavy (non-hydrogen) atoms. The van der Waals surface area contributed by atoms with Gasteiger partial charge in [-0.2, -0.15) is 0 Å². The van der Waals surface area contributed by atoms with Crippen LogP contribution in [0.1, 0.15) is 82.9 Å². The summed E-state index contributed by atoms with van der Waals surface area (Å²) in [5.41, 5.74) is 2.27. The average molecular weight is 463 g/mol. The molecule has 1 nitrogen and oxygen atoms in total. The number of hydrogen-bond donors (Lipinski definition) is 1. The maximum absolute atomic E-state index is 10.1. The summed E-state index contributed by atoms with van der Waals surface area (Å²) >= 11 is -2.19. The van der Waals surface area contributed by atoms with Crippen molar-refractivity contribution in [2.75, 3.05) is 0 Å². The van der Waals surface area contributed by atoms with Crippen molar-refractivity contribution in [3.8, 4) is 0 Å². The van der Waals surface area contributed by atoms with Crippen LogP contribution in [0.2, 0.25) is 13.3 Å². The fourth-order valence-corrected chi connectivity index (χ4v) is 17.8. The van der Waals surface area contributed by atoms with E-state index >= 15 is 0 Å². The third-order valence-corrected chi connectivity index (χ3v) is 19.5. The molecule has 2 heteroatoms. The minimum atomic E-state index is -2.19. The maximum atomic E-state index is 10.1. The average Bonchev–Trinajstić information content (AvgIpc) is 2.67. The van der Waals surface area contributed by atoms with E-state index in [0.717, 1.165) is 5.56 Å². The van der Waals surface area contributed by atoms with Crippen LogP contribution >= 0.6 is 0 Å². The van der Waals surface area contributed by atoms with E-state index in [9.17, 15) is 5.11 Å². The number of aliphatic hydroxyl groups excluding tert-OH is 1. The predicted octanol–water partition coefficient (Wildman–Crippen LogP) is 7.70. The van der Waals surface area contributed by atoms with Gasteiger partial charge in [-0.15, -0.1) is 0 Å². The van der Waals surface area contributed by atoms with E-state index in [1.54, 1.807) is 6.08 Å². The second kappa shape index (κ2) is 13.6. The Bertz CT molecular complexity index is 496. The van der Waals surface area contributed by atoms with Crippen molar-refractivity contribution in [1.82, 2.24) is 0 Å². The first-order valence-corrected chi connectivity index (χ1v) is 18.4. The summed E-state index contributed by atoms with van der Waals surface area (Å²) in [6, 6.07) is 8.45. The molecular weight excluding hydrogens is 423 g/mol. The third kappa shape index (κ3) is 8.43. The normalized spacial score (nSPS) is 13.2. The van der Waals surface area contributed by atoms with Gasteiger partial charge in [0, 0.05) is 0 Å². The molecule has 1 N–H and O–H groups in total. The Morgan fingerprint density at radius 3 is 1.85 bits per heavy atom. The number of hydrogen-bond acceptors (Lipinski definition) is 1. The van der Waals surface area contributed by atoms with Crippen molar-refractivity contribution in [2.24, 2.45) is 0 Å². The molecule has 0 spiro atoms. The zero-order valence-corrected chi connectivity index (χ0v) is 20.2. The van der Waals surface area contributed by atoms with E-state index < -0.39 is 24.5 Å². The fraction of sp³-hybridized carbons (Fsp3) is 0.583. The van der Waals surface area contributed by atoms with Crippen LogP contribution in [0.25, 0.3) is 6.08 Å². The summed E-state index contributed by atoms with van der Waals surface area (Å²) in [7, 11) is 0. The van der Waals surface area contributed by atoms with Crippen molar-refractivity contribution in [3.63, 3.8) is 0 Å². The Kier molecular flexibility index (Phi) is 12.3. The molecule has 0 bridgehead atoms. The first-order chi connectivity index (χ1) is 12.6. The van der Waals surface area contributed by atoms with Crippen LogP contribution in [0.5, 0.6) is 0 Å². The van der Waals surface area contributed by atoms with E-state index in [1.165, 1.54) is 57.4 Å². The molecule has 146 valence electrons. The van der Waals surface area contributed by atoms with E-state index in [0.29, 0.717) is 6.42 Å². The molecule has 0 saturated heterocycles. The van der Waals surface area contributed by atoms with Gasteiger partial charge in [-0.25, -0.2) is 0 Å². The summed E-state index contributed by atoms with van der Waals surface area (Å²) in [5.74, 6) is 0. The molecule has 0 saturated carbocycles. The van der Waals surface area contributed by atoms with Crippen molar-refractivity contribution < 1.29 is 5.11 Å². The molecule has 0 aliphatic heterocycles. The van der Waals surface area contributed by atoms with Crippen LogP contribution in [-0.2, 0) is 0 Å². The number of unbranched alkanes of at least 4 members (excludes halogenated alkanes) is 3. The molecule has 1 aromatic carbocycles. The Hall–Kier alpha value is -0.541. The molecule has 1 atom stereocenters. The Morgan fingerprint density at radius 2 is 1.42 bits per heavy atom. The van der Waals surface area contributed by atoms with Crippen LogP contribution in [0.15, 0.2) is 41.0 Å². The van der Waals surface area contributed by atoms with Crippen LogP contribution < -0.4 is 0 Å². The molecule has 0 aliphatic carbocycles. The molecule has 1 rings (SSSR count). The van der Waals surface area contributed by atoms with E-state index in [-0.39, 0.29) is 0 Å². The third-order valence-electron chi connectivity index (χ3n) is 5.43. The molecule has 1 aromatic rings. The van der Waals surface area contributed by atoms with Gasteiger partial charge in [0.25, 0.3) is 0 Å². The second-order valence-electron chi connectivity index (χ2n) is 7.71. The van der Waals surface area contributed by atoms with Gasteiger partial charge in [0.15, 0.2) is 0 Å².